The first-order valence-corrected chi connectivity index (χ1v) is 10.5. The van der Waals surface area contributed by atoms with Gasteiger partial charge in [-0.1, -0.05) is 12.1 Å². The molecule has 1 heterocycles. The molecule has 6 heteroatoms. The topological polar surface area (TPSA) is 58.1 Å². The summed E-state index contributed by atoms with van der Waals surface area (Å²) in [5.74, 6) is 2.48. The van der Waals surface area contributed by atoms with Gasteiger partial charge in [-0.25, -0.2) is 4.99 Å². The first-order valence-electron chi connectivity index (χ1n) is 10.5. The summed E-state index contributed by atoms with van der Waals surface area (Å²) in [7, 11) is 3.92. The van der Waals surface area contributed by atoms with Crippen molar-refractivity contribution in [1.29, 1.82) is 0 Å². The molecule has 2 N–H and O–H groups in total. The molecule has 0 aromatic heterocycles. The molecule has 1 aliphatic heterocycles. The minimum Gasteiger partial charge on any atom is -0.493 e. The number of aliphatic imine (C=N–C) groups is 1. The minimum absolute atomic E-state index is 0.597. The Morgan fingerprint density at radius 1 is 1.29 bits per heavy atom. The van der Waals surface area contributed by atoms with Gasteiger partial charge in [-0.05, 0) is 57.8 Å². The number of hydrogen-bond donors (Lipinski definition) is 2. The van der Waals surface area contributed by atoms with Gasteiger partial charge in [-0.15, -0.1) is 0 Å². The normalized spacial score (nSPS) is 18.1. The van der Waals surface area contributed by atoms with E-state index in [0.29, 0.717) is 25.7 Å². The zero-order chi connectivity index (χ0) is 20.2. The zero-order valence-corrected chi connectivity index (χ0v) is 18.1. The number of nitrogens with zero attached hydrogens (tertiary/aromatic N) is 2. The van der Waals surface area contributed by atoms with E-state index in [9.17, 15) is 0 Å². The minimum atomic E-state index is 0.597. The van der Waals surface area contributed by atoms with Crippen LogP contribution < -0.4 is 15.4 Å². The Morgan fingerprint density at radius 2 is 2.14 bits per heavy atom. The van der Waals surface area contributed by atoms with Crippen molar-refractivity contribution in [2.45, 2.75) is 39.7 Å². The van der Waals surface area contributed by atoms with Crippen molar-refractivity contribution in [2.75, 3.05) is 53.6 Å². The Morgan fingerprint density at radius 3 is 2.89 bits per heavy atom. The van der Waals surface area contributed by atoms with E-state index >= 15 is 0 Å². The zero-order valence-electron chi connectivity index (χ0n) is 18.1. The number of ether oxygens (including phenoxy) is 2. The lowest BCUT2D eigenvalue weighted by atomic mass is 9.99. The first-order chi connectivity index (χ1) is 13.6. The summed E-state index contributed by atoms with van der Waals surface area (Å²) < 4.78 is 11.1. The molecule has 1 fully saturated rings. The molecule has 158 valence electrons. The SMILES string of the molecule is CCNC(=NCc1ccc(C)cc1OCCCOC)NCC1CCCN(C)C1. The Labute approximate surface area is 170 Å². The van der Waals surface area contributed by atoms with Gasteiger partial charge in [0.2, 0.25) is 0 Å². The van der Waals surface area contributed by atoms with E-state index in [2.05, 4.69) is 54.6 Å². The van der Waals surface area contributed by atoms with E-state index < -0.39 is 0 Å². The van der Waals surface area contributed by atoms with E-state index in [1.54, 1.807) is 7.11 Å². The van der Waals surface area contributed by atoms with Gasteiger partial charge in [0.05, 0.1) is 13.2 Å². The number of nitrogens with one attached hydrogen (secondary N) is 2. The average molecular weight is 391 g/mol. The smallest absolute Gasteiger partial charge is 0.191 e. The van der Waals surface area contributed by atoms with Crippen molar-refractivity contribution >= 4 is 5.96 Å². The van der Waals surface area contributed by atoms with Crippen LogP contribution in [-0.4, -0.2) is 64.4 Å². The van der Waals surface area contributed by atoms with E-state index in [4.69, 9.17) is 14.5 Å². The third kappa shape index (κ3) is 8.07. The average Bonchev–Trinajstić information content (AvgIpc) is 2.68. The number of likely N-dealkylation sites (tertiary alicyclic amines) is 1. The molecule has 2 rings (SSSR count). The van der Waals surface area contributed by atoms with E-state index in [1.165, 1.54) is 24.9 Å². The predicted octanol–water partition coefficient (Wildman–Crippen LogP) is 2.81. The molecule has 1 aromatic carbocycles. The molecular weight excluding hydrogens is 352 g/mol. The fourth-order valence-corrected chi connectivity index (χ4v) is 3.50. The molecular formula is C22H38N4O2. The molecule has 1 saturated heterocycles. The van der Waals surface area contributed by atoms with Crippen LogP contribution in [0, 0.1) is 12.8 Å². The summed E-state index contributed by atoms with van der Waals surface area (Å²) in [4.78, 5) is 7.21. The second kappa shape index (κ2) is 12.6. The van der Waals surface area contributed by atoms with Crippen LogP contribution in [0.5, 0.6) is 5.75 Å². The number of aryl methyl sites for hydroxylation is 1. The van der Waals surface area contributed by atoms with Crippen molar-refractivity contribution < 1.29 is 9.47 Å². The maximum atomic E-state index is 5.98. The second-order valence-electron chi connectivity index (χ2n) is 7.65. The highest BCUT2D eigenvalue weighted by atomic mass is 16.5. The quantitative estimate of drug-likeness (QED) is 0.365. The lowest BCUT2D eigenvalue weighted by Gasteiger charge is -2.30. The predicted molar refractivity (Wildman–Crippen MR) is 116 cm³/mol. The molecule has 1 atom stereocenters. The highest BCUT2D eigenvalue weighted by Gasteiger charge is 2.17. The van der Waals surface area contributed by atoms with Crippen LogP contribution in [0.3, 0.4) is 0 Å². The van der Waals surface area contributed by atoms with Crippen molar-refractivity contribution in [2.24, 2.45) is 10.9 Å². The van der Waals surface area contributed by atoms with E-state index in [0.717, 1.165) is 43.3 Å². The van der Waals surface area contributed by atoms with E-state index in [1.807, 2.05) is 0 Å². The van der Waals surface area contributed by atoms with Crippen LogP contribution in [0.4, 0.5) is 0 Å². The van der Waals surface area contributed by atoms with Crippen molar-refractivity contribution in [1.82, 2.24) is 15.5 Å². The number of benzene rings is 1. The monoisotopic (exact) mass is 390 g/mol. The summed E-state index contributed by atoms with van der Waals surface area (Å²) in [6.45, 7) is 10.3. The van der Waals surface area contributed by atoms with Crippen molar-refractivity contribution in [3.63, 3.8) is 0 Å². The standard InChI is InChI=1S/C22H38N4O2/c1-5-23-22(24-15-19-8-6-11-26(3)17-19)25-16-20-10-9-18(2)14-21(20)28-13-7-12-27-4/h9-10,14,19H,5-8,11-13,15-17H2,1-4H3,(H2,23,24,25). The van der Waals surface area contributed by atoms with Crippen LogP contribution in [0.15, 0.2) is 23.2 Å². The maximum Gasteiger partial charge on any atom is 0.191 e. The molecule has 0 bridgehead atoms. The lowest BCUT2D eigenvalue weighted by molar-refractivity contribution is 0.172. The number of piperidine rings is 1. The number of methoxy groups -OCH3 is 1. The fourth-order valence-electron chi connectivity index (χ4n) is 3.50. The third-order valence-electron chi connectivity index (χ3n) is 5.01. The van der Waals surface area contributed by atoms with Crippen molar-refractivity contribution in [3.05, 3.63) is 29.3 Å². The molecule has 1 aromatic rings. The third-order valence-corrected chi connectivity index (χ3v) is 5.01. The molecule has 0 spiro atoms. The van der Waals surface area contributed by atoms with Gasteiger partial charge in [0.25, 0.3) is 0 Å². The van der Waals surface area contributed by atoms with E-state index in [-0.39, 0.29) is 0 Å². The molecule has 28 heavy (non-hydrogen) atoms. The summed E-state index contributed by atoms with van der Waals surface area (Å²) in [5.41, 5.74) is 2.30. The number of hydrogen-bond acceptors (Lipinski definition) is 4. The highest BCUT2D eigenvalue weighted by Crippen LogP contribution is 2.21. The van der Waals surface area contributed by atoms with Gasteiger partial charge < -0.3 is 25.0 Å². The molecule has 1 unspecified atom stereocenters. The van der Waals surface area contributed by atoms with Crippen LogP contribution in [0.25, 0.3) is 0 Å². The largest absolute Gasteiger partial charge is 0.493 e. The fraction of sp³-hybridized carbons (Fsp3) is 0.682. The Balaban J connectivity index is 1.95. The lowest BCUT2D eigenvalue weighted by Crippen LogP contribution is -2.43. The molecule has 0 amide bonds. The van der Waals surface area contributed by atoms with Gasteiger partial charge >= 0.3 is 0 Å². The molecule has 0 radical (unpaired) electrons. The summed E-state index contributed by atoms with van der Waals surface area (Å²) in [6, 6.07) is 6.32. The molecule has 1 aliphatic rings. The molecule has 6 nitrogen and oxygen atoms in total. The number of rotatable bonds is 10. The Hall–Kier alpha value is -1.79. The van der Waals surface area contributed by atoms with Crippen LogP contribution in [-0.2, 0) is 11.3 Å². The van der Waals surface area contributed by atoms with Crippen molar-refractivity contribution in [3.8, 4) is 5.75 Å². The van der Waals surface area contributed by atoms with Gasteiger partial charge in [-0.2, -0.15) is 0 Å². The van der Waals surface area contributed by atoms with Crippen LogP contribution in [0.2, 0.25) is 0 Å². The summed E-state index contributed by atoms with van der Waals surface area (Å²) in [5, 5.41) is 6.89. The summed E-state index contributed by atoms with van der Waals surface area (Å²) >= 11 is 0. The van der Waals surface area contributed by atoms with Gasteiger partial charge in [-0.3, -0.25) is 0 Å². The second-order valence-corrected chi connectivity index (χ2v) is 7.65. The Kier molecular flexibility index (Phi) is 10.1. The van der Waals surface area contributed by atoms with Crippen LogP contribution >= 0.6 is 0 Å². The first kappa shape index (κ1) is 22.5. The molecule has 0 saturated carbocycles. The van der Waals surface area contributed by atoms with Crippen LogP contribution in [0.1, 0.15) is 37.3 Å². The van der Waals surface area contributed by atoms with Gasteiger partial charge in [0, 0.05) is 45.3 Å². The maximum absolute atomic E-state index is 5.98. The molecule has 0 aliphatic carbocycles. The van der Waals surface area contributed by atoms with Gasteiger partial charge in [0.1, 0.15) is 5.75 Å². The highest BCUT2D eigenvalue weighted by molar-refractivity contribution is 5.79. The van der Waals surface area contributed by atoms with Gasteiger partial charge in [0.15, 0.2) is 5.96 Å². The summed E-state index contributed by atoms with van der Waals surface area (Å²) in [6.07, 6.45) is 3.45. The number of guanidine groups is 1. The Bertz CT molecular complexity index is 606.